The molecule has 7 nitrogen and oxygen atoms in total. The van der Waals surface area contributed by atoms with Gasteiger partial charge in [0.1, 0.15) is 0 Å². The van der Waals surface area contributed by atoms with Crippen LogP contribution in [0.5, 0.6) is 11.5 Å². The number of aliphatic imine (C=N–C) groups is 1. The van der Waals surface area contributed by atoms with E-state index in [2.05, 4.69) is 20.9 Å². The highest BCUT2D eigenvalue weighted by Crippen LogP contribution is 2.29. The summed E-state index contributed by atoms with van der Waals surface area (Å²) >= 11 is 0. The minimum absolute atomic E-state index is 0.0264. The number of nitrogens with zero attached hydrogens (tertiary/aromatic N) is 1. The van der Waals surface area contributed by atoms with Gasteiger partial charge in [-0.25, -0.2) is 0 Å². The van der Waals surface area contributed by atoms with Crippen molar-refractivity contribution in [1.82, 2.24) is 5.32 Å². The zero-order valence-electron chi connectivity index (χ0n) is 16.8. The van der Waals surface area contributed by atoms with E-state index in [-0.39, 0.29) is 5.91 Å². The maximum Gasteiger partial charge on any atom is 0.224 e. The number of carbonyl (C=O) groups excluding carboxylic acids is 1. The van der Waals surface area contributed by atoms with Crippen molar-refractivity contribution in [3.63, 3.8) is 0 Å². The van der Waals surface area contributed by atoms with Crippen LogP contribution < -0.4 is 25.4 Å². The van der Waals surface area contributed by atoms with Crippen molar-refractivity contribution in [3.05, 3.63) is 48.0 Å². The molecule has 0 aliphatic heterocycles. The van der Waals surface area contributed by atoms with Crippen molar-refractivity contribution in [2.24, 2.45) is 4.99 Å². The molecule has 0 bridgehead atoms. The number of rotatable bonds is 8. The first-order chi connectivity index (χ1) is 13.6. The third-order valence-electron chi connectivity index (χ3n) is 4.02. The van der Waals surface area contributed by atoms with Crippen LogP contribution in [0.1, 0.15) is 25.3 Å². The van der Waals surface area contributed by atoms with E-state index in [1.807, 2.05) is 49.4 Å². The van der Waals surface area contributed by atoms with E-state index in [0.717, 1.165) is 23.4 Å². The predicted molar refractivity (Wildman–Crippen MR) is 113 cm³/mol. The van der Waals surface area contributed by atoms with Gasteiger partial charge in [0, 0.05) is 37.5 Å². The summed E-state index contributed by atoms with van der Waals surface area (Å²) in [4.78, 5) is 16.0. The first-order valence-corrected chi connectivity index (χ1v) is 9.18. The molecule has 7 heteroatoms. The number of anilines is 2. The summed E-state index contributed by atoms with van der Waals surface area (Å²) in [5.74, 6) is 1.95. The molecule has 3 N–H and O–H groups in total. The number of hydrogen-bond donors (Lipinski definition) is 3. The molecule has 2 aromatic rings. The molecule has 2 rings (SSSR count). The summed E-state index contributed by atoms with van der Waals surface area (Å²) < 4.78 is 10.6. The number of amides is 1. The van der Waals surface area contributed by atoms with Gasteiger partial charge in [-0.15, -0.1) is 0 Å². The van der Waals surface area contributed by atoms with Gasteiger partial charge in [0.25, 0.3) is 0 Å². The Hall–Kier alpha value is -3.22. The Kier molecular flexibility index (Phi) is 8.14. The Morgan fingerprint density at radius 1 is 1.00 bits per heavy atom. The molecule has 0 radical (unpaired) electrons. The largest absolute Gasteiger partial charge is 0.493 e. The Bertz CT molecular complexity index is 821. The highest BCUT2D eigenvalue weighted by atomic mass is 16.5. The standard InChI is InChI=1S/C21H28N4O3/c1-5-7-20(26)24-16-9-6-8-15(12-16)14-23-21(22-2)25-17-10-11-18(27-3)19(13-17)28-4/h6,8-13H,5,7,14H2,1-4H3,(H,24,26)(H2,22,23,25). The second-order valence-electron chi connectivity index (χ2n) is 6.12. The topological polar surface area (TPSA) is 84.0 Å². The van der Waals surface area contributed by atoms with Crippen LogP contribution in [0.4, 0.5) is 11.4 Å². The van der Waals surface area contributed by atoms with Crippen LogP contribution in [0.3, 0.4) is 0 Å². The molecule has 0 saturated carbocycles. The minimum atomic E-state index is 0.0264. The number of hydrogen-bond acceptors (Lipinski definition) is 4. The molecule has 2 aromatic carbocycles. The van der Waals surface area contributed by atoms with Crippen molar-refractivity contribution in [2.75, 3.05) is 31.9 Å². The van der Waals surface area contributed by atoms with Crippen molar-refractivity contribution < 1.29 is 14.3 Å². The van der Waals surface area contributed by atoms with Gasteiger partial charge in [-0.3, -0.25) is 9.79 Å². The lowest BCUT2D eigenvalue weighted by molar-refractivity contribution is -0.116. The van der Waals surface area contributed by atoms with Gasteiger partial charge in [0.15, 0.2) is 17.5 Å². The third-order valence-corrected chi connectivity index (χ3v) is 4.02. The average Bonchev–Trinajstić information content (AvgIpc) is 2.71. The molecular weight excluding hydrogens is 356 g/mol. The molecular formula is C21H28N4O3. The smallest absolute Gasteiger partial charge is 0.224 e. The van der Waals surface area contributed by atoms with Gasteiger partial charge in [-0.2, -0.15) is 0 Å². The van der Waals surface area contributed by atoms with E-state index in [0.29, 0.717) is 30.4 Å². The van der Waals surface area contributed by atoms with Crippen molar-refractivity contribution in [3.8, 4) is 11.5 Å². The number of benzene rings is 2. The van der Waals surface area contributed by atoms with Gasteiger partial charge in [0.05, 0.1) is 14.2 Å². The first kappa shape index (κ1) is 21.1. The molecule has 0 aliphatic rings. The molecule has 0 aliphatic carbocycles. The SMILES string of the molecule is CCCC(=O)Nc1cccc(CNC(=NC)Nc2ccc(OC)c(OC)c2)c1. The van der Waals surface area contributed by atoms with Crippen LogP contribution >= 0.6 is 0 Å². The summed E-state index contributed by atoms with van der Waals surface area (Å²) in [6, 6.07) is 13.3. The molecule has 0 spiro atoms. The lowest BCUT2D eigenvalue weighted by Gasteiger charge is -2.14. The minimum Gasteiger partial charge on any atom is -0.493 e. The Morgan fingerprint density at radius 3 is 2.43 bits per heavy atom. The fourth-order valence-electron chi connectivity index (χ4n) is 2.63. The zero-order valence-corrected chi connectivity index (χ0v) is 16.8. The maximum absolute atomic E-state index is 11.8. The molecule has 0 saturated heterocycles. The van der Waals surface area contributed by atoms with Crippen LogP contribution in [0, 0.1) is 0 Å². The quantitative estimate of drug-likeness (QED) is 0.478. The number of ether oxygens (including phenoxy) is 2. The second-order valence-corrected chi connectivity index (χ2v) is 6.12. The first-order valence-electron chi connectivity index (χ1n) is 9.18. The molecule has 150 valence electrons. The lowest BCUT2D eigenvalue weighted by atomic mass is 10.2. The number of carbonyl (C=O) groups is 1. The van der Waals surface area contributed by atoms with Crippen LogP contribution in [0.25, 0.3) is 0 Å². The number of guanidine groups is 1. The predicted octanol–water partition coefficient (Wildman–Crippen LogP) is 3.63. The van der Waals surface area contributed by atoms with Crippen molar-refractivity contribution in [1.29, 1.82) is 0 Å². The van der Waals surface area contributed by atoms with E-state index < -0.39 is 0 Å². The molecule has 28 heavy (non-hydrogen) atoms. The molecule has 0 unspecified atom stereocenters. The summed E-state index contributed by atoms with van der Waals surface area (Å²) in [6.45, 7) is 2.54. The van der Waals surface area contributed by atoms with Crippen LogP contribution in [-0.4, -0.2) is 33.1 Å². The molecule has 0 heterocycles. The normalized spacial score (nSPS) is 10.9. The number of methoxy groups -OCH3 is 2. The molecule has 0 aromatic heterocycles. The lowest BCUT2D eigenvalue weighted by Crippen LogP contribution is -2.30. The summed E-state index contributed by atoms with van der Waals surface area (Å²) in [5, 5.41) is 9.39. The number of nitrogens with one attached hydrogen (secondary N) is 3. The fraction of sp³-hybridized carbons (Fsp3) is 0.333. The van der Waals surface area contributed by atoms with E-state index in [9.17, 15) is 4.79 Å². The highest BCUT2D eigenvalue weighted by Gasteiger charge is 2.07. The van der Waals surface area contributed by atoms with E-state index in [1.54, 1.807) is 21.3 Å². The Labute approximate surface area is 166 Å². The summed E-state index contributed by atoms with van der Waals surface area (Å²) in [6.07, 6.45) is 1.34. The van der Waals surface area contributed by atoms with Gasteiger partial charge in [0.2, 0.25) is 5.91 Å². The van der Waals surface area contributed by atoms with Gasteiger partial charge >= 0.3 is 0 Å². The van der Waals surface area contributed by atoms with Crippen LogP contribution in [-0.2, 0) is 11.3 Å². The molecule has 0 fully saturated rings. The van der Waals surface area contributed by atoms with Gasteiger partial charge in [-0.1, -0.05) is 19.1 Å². The van der Waals surface area contributed by atoms with Crippen LogP contribution in [0.2, 0.25) is 0 Å². The van der Waals surface area contributed by atoms with Gasteiger partial charge in [-0.05, 0) is 36.2 Å². The maximum atomic E-state index is 11.8. The third kappa shape index (κ3) is 6.19. The van der Waals surface area contributed by atoms with Gasteiger partial charge < -0.3 is 25.4 Å². The summed E-state index contributed by atoms with van der Waals surface area (Å²) in [7, 11) is 4.91. The Morgan fingerprint density at radius 2 is 1.75 bits per heavy atom. The monoisotopic (exact) mass is 384 g/mol. The fourth-order valence-corrected chi connectivity index (χ4v) is 2.63. The average molecular weight is 384 g/mol. The molecule has 1 amide bonds. The van der Waals surface area contributed by atoms with E-state index in [4.69, 9.17) is 9.47 Å². The highest BCUT2D eigenvalue weighted by molar-refractivity contribution is 5.94. The molecule has 0 atom stereocenters. The van der Waals surface area contributed by atoms with E-state index >= 15 is 0 Å². The van der Waals surface area contributed by atoms with Crippen LogP contribution in [0.15, 0.2) is 47.5 Å². The van der Waals surface area contributed by atoms with Crippen molar-refractivity contribution in [2.45, 2.75) is 26.3 Å². The van der Waals surface area contributed by atoms with E-state index in [1.165, 1.54) is 0 Å². The van der Waals surface area contributed by atoms with Crippen molar-refractivity contribution >= 4 is 23.2 Å². The Balaban J connectivity index is 1.98. The second kappa shape index (κ2) is 10.8. The zero-order chi connectivity index (χ0) is 20.4. The summed E-state index contributed by atoms with van der Waals surface area (Å²) in [5.41, 5.74) is 2.65.